The number of aromatic nitrogens is 4. The molecule has 2 aromatic carbocycles. The van der Waals surface area contributed by atoms with E-state index in [9.17, 15) is 4.79 Å². The van der Waals surface area contributed by atoms with E-state index in [1.54, 1.807) is 7.11 Å². The summed E-state index contributed by atoms with van der Waals surface area (Å²) in [5.41, 5.74) is 3.95. The van der Waals surface area contributed by atoms with Crippen molar-refractivity contribution in [3.05, 3.63) is 59.8 Å². The van der Waals surface area contributed by atoms with E-state index in [1.807, 2.05) is 42.6 Å². The molecule has 0 saturated heterocycles. The van der Waals surface area contributed by atoms with Crippen LogP contribution in [0.5, 0.6) is 5.75 Å². The molecule has 0 spiro atoms. The Labute approximate surface area is 186 Å². The molecule has 0 unspecified atom stereocenters. The number of benzene rings is 2. The van der Waals surface area contributed by atoms with Crippen molar-refractivity contribution in [2.75, 3.05) is 12.9 Å². The number of rotatable bonds is 8. The van der Waals surface area contributed by atoms with Crippen LogP contribution in [0.2, 0.25) is 0 Å². The van der Waals surface area contributed by atoms with Crippen LogP contribution in [0, 0.1) is 0 Å². The van der Waals surface area contributed by atoms with Gasteiger partial charge in [-0.3, -0.25) is 9.36 Å². The topological polar surface area (TPSA) is 72.8 Å². The van der Waals surface area contributed by atoms with E-state index in [0.717, 1.165) is 45.2 Å². The Morgan fingerprint density at radius 3 is 2.61 bits per heavy atom. The molecule has 2 heterocycles. The number of methoxy groups -OCH3 is 1. The molecule has 0 atom stereocenters. The monoisotopic (exact) mass is 434 g/mol. The molecule has 160 valence electrons. The molecular formula is C24H26N4O2S. The number of Topliss-reactive ketones (excluding diaryl/α,β-unsaturated/α-hetero) is 1. The molecule has 0 bridgehead atoms. The number of aryl methyl sites for hydroxylation is 1. The van der Waals surface area contributed by atoms with E-state index in [0.29, 0.717) is 5.75 Å². The fourth-order valence-corrected chi connectivity index (χ4v) is 4.68. The largest absolute Gasteiger partial charge is 0.497 e. The molecule has 0 saturated carbocycles. The highest BCUT2D eigenvalue weighted by atomic mass is 32.2. The third-order valence-corrected chi connectivity index (χ3v) is 6.29. The van der Waals surface area contributed by atoms with Crippen molar-refractivity contribution in [2.45, 2.75) is 38.4 Å². The lowest BCUT2D eigenvalue weighted by atomic mass is 10.1. The summed E-state index contributed by atoms with van der Waals surface area (Å²) in [5.74, 6) is 1.96. The predicted molar refractivity (Wildman–Crippen MR) is 125 cm³/mol. The Bertz CT molecular complexity index is 1210. The highest BCUT2D eigenvalue weighted by molar-refractivity contribution is 7.99. The average molecular weight is 435 g/mol. The first kappa shape index (κ1) is 21.2. The number of nitrogens with zero attached hydrogens (tertiary/aromatic N) is 3. The van der Waals surface area contributed by atoms with Gasteiger partial charge in [-0.25, -0.2) is 0 Å². The molecular weight excluding hydrogens is 408 g/mol. The minimum atomic E-state index is 0.0776. The first-order chi connectivity index (χ1) is 15.0. The summed E-state index contributed by atoms with van der Waals surface area (Å²) in [6.45, 7) is 6.30. The van der Waals surface area contributed by atoms with Gasteiger partial charge in [-0.15, -0.1) is 10.2 Å². The molecule has 4 rings (SSSR count). The maximum Gasteiger partial charge on any atom is 0.192 e. The van der Waals surface area contributed by atoms with E-state index in [1.165, 1.54) is 17.3 Å². The maximum atomic E-state index is 13.0. The number of hydrogen-bond acceptors (Lipinski definition) is 5. The molecule has 0 amide bonds. The van der Waals surface area contributed by atoms with E-state index in [2.05, 4.69) is 46.6 Å². The number of fused-ring (bicyclic) bond motifs is 1. The lowest BCUT2D eigenvalue weighted by Gasteiger charge is -2.13. The van der Waals surface area contributed by atoms with Crippen molar-refractivity contribution >= 4 is 28.4 Å². The summed E-state index contributed by atoms with van der Waals surface area (Å²) >= 11 is 1.42. The van der Waals surface area contributed by atoms with Gasteiger partial charge in [0.05, 0.1) is 12.9 Å². The summed E-state index contributed by atoms with van der Waals surface area (Å²) in [6, 6.07) is 14.0. The number of aromatic amines is 1. The second-order valence-electron chi connectivity index (χ2n) is 7.61. The average Bonchev–Trinajstić information content (AvgIpc) is 3.42. The number of carbonyl (C=O) groups is 1. The Morgan fingerprint density at radius 1 is 1.16 bits per heavy atom. The van der Waals surface area contributed by atoms with Crippen LogP contribution in [0.15, 0.2) is 53.8 Å². The van der Waals surface area contributed by atoms with Gasteiger partial charge in [-0.1, -0.05) is 36.9 Å². The summed E-state index contributed by atoms with van der Waals surface area (Å²) in [7, 11) is 1.65. The van der Waals surface area contributed by atoms with Crippen LogP contribution in [0.4, 0.5) is 0 Å². The van der Waals surface area contributed by atoms with E-state index < -0.39 is 0 Å². The third-order valence-electron chi connectivity index (χ3n) is 5.34. The van der Waals surface area contributed by atoms with Gasteiger partial charge in [0.2, 0.25) is 0 Å². The van der Waals surface area contributed by atoms with Crippen molar-refractivity contribution in [1.29, 1.82) is 0 Å². The molecule has 4 aromatic rings. The van der Waals surface area contributed by atoms with Gasteiger partial charge in [-0.2, -0.15) is 0 Å². The number of para-hydroxylation sites is 1. The minimum absolute atomic E-state index is 0.0776. The van der Waals surface area contributed by atoms with E-state index >= 15 is 0 Å². The zero-order valence-corrected chi connectivity index (χ0v) is 19.0. The Hall–Kier alpha value is -3.06. The van der Waals surface area contributed by atoms with Crippen molar-refractivity contribution < 1.29 is 9.53 Å². The number of thioether (sulfide) groups is 1. The predicted octanol–water partition coefficient (Wildman–Crippen LogP) is 5.55. The Morgan fingerprint density at radius 2 is 1.94 bits per heavy atom. The first-order valence-electron chi connectivity index (χ1n) is 10.4. The van der Waals surface area contributed by atoms with Crippen LogP contribution < -0.4 is 4.74 Å². The second kappa shape index (κ2) is 8.98. The second-order valence-corrected chi connectivity index (χ2v) is 8.55. The molecule has 0 fully saturated rings. The molecule has 6 nitrogen and oxygen atoms in total. The van der Waals surface area contributed by atoms with Crippen LogP contribution in [-0.4, -0.2) is 38.4 Å². The molecule has 0 aliphatic rings. The molecule has 2 aromatic heterocycles. The van der Waals surface area contributed by atoms with Gasteiger partial charge in [0.15, 0.2) is 16.8 Å². The molecule has 7 heteroatoms. The summed E-state index contributed by atoms with van der Waals surface area (Å²) in [5, 5.41) is 10.5. The van der Waals surface area contributed by atoms with Gasteiger partial charge < -0.3 is 9.72 Å². The maximum absolute atomic E-state index is 13.0. The zero-order chi connectivity index (χ0) is 22.0. The van der Waals surface area contributed by atoms with E-state index in [4.69, 9.17) is 4.74 Å². The van der Waals surface area contributed by atoms with Crippen LogP contribution in [0.1, 0.15) is 42.7 Å². The van der Waals surface area contributed by atoms with E-state index in [-0.39, 0.29) is 11.8 Å². The van der Waals surface area contributed by atoms with Gasteiger partial charge in [0, 0.05) is 34.3 Å². The van der Waals surface area contributed by atoms with Gasteiger partial charge >= 0.3 is 0 Å². The number of nitrogens with one attached hydrogen (secondary N) is 1. The Kier molecular flexibility index (Phi) is 6.13. The summed E-state index contributed by atoms with van der Waals surface area (Å²) in [4.78, 5) is 16.3. The number of carbonyl (C=O) groups excluding carboxylic acids is 1. The quantitative estimate of drug-likeness (QED) is 0.291. The summed E-state index contributed by atoms with van der Waals surface area (Å²) in [6.07, 6.45) is 2.74. The van der Waals surface area contributed by atoms with Crippen molar-refractivity contribution in [3.8, 4) is 17.1 Å². The molecule has 0 aliphatic heterocycles. The van der Waals surface area contributed by atoms with Crippen LogP contribution in [0.25, 0.3) is 22.3 Å². The standard InChI is InChI=1S/C24H26N4O2S/c1-5-16-7-6-8-19-20(13-25-22(16)19)21(29)14-31-24-27-26-23(28(24)15(2)3)17-9-11-18(30-4)12-10-17/h6-13,15,25H,5,14H2,1-4H3. The van der Waals surface area contributed by atoms with Gasteiger partial charge in [0.1, 0.15) is 5.75 Å². The number of hydrogen-bond donors (Lipinski definition) is 1. The van der Waals surface area contributed by atoms with Gasteiger partial charge in [0.25, 0.3) is 0 Å². The highest BCUT2D eigenvalue weighted by Crippen LogP contribution is 2.30. The molecule has 31 heavy (non-hydrogen) atoms. The zero-order valence-electron chi connectivity index (χ0n) is 18.2. The summed E-state index contributed by atoms with van der Waals surface area (Å²) < 4.78 is 7.32. The van der Waals surface area contributed by atoms with Crippen LogP contribution in [0.3, 0.4) is 0 Å². The molecule has 1 N–H and O–H groups in total. The van der Waals surface area contributed by atoms with Crippen LogP contribution in [-0.2, 0) is 6.42 Å². The smallest absolute Gasteiger partial charge is 0.192 e. The van der Waals surface area contributed by atoms with Gasteiger partial charge in [-0.05, 0) is 50.1 Å². The van der Waals surface area contributed by atoms with Crippen molar-refractivity contribution in [2.24, 2.45) is 0 Å². The fraction of sp³-hybridized carbons (Fsp3) is 0.292. The SMILES string of the molecule is CCc1cccc2c(C(=O)CSc3nnc(-c4ccc(OC)cc4)n3C(C)C)c[nH]c12. The number of ketones is 1. The Balaban J connectivity index is 1.57. The number of H-pyrrole nitrogens is 1. The highest BCUT2D eigenvalue weighted by Gasteiger charge is 2.19. The lowest BCUT2D eigenvalue weighted by molar-refractivity contribution is 0.102. The fourth-order valence-electron chi connectivity index (χ4n) is 3.73. The van der Waals surface area contributed by atoms with Crippen molar-refractivity contribution in [3.63, 3.8) is 0 Å². The van der Waals surface area contributed by atoms with Crippen LogP contribution >= 0.6 is 11.8 Å². The van der Waals surface area contributed by atoms with Crippen molar-refractivity contribution in [1.82, 2.24) is 19.7 Å². The first-order valence-corrected chi connectivity index (χ1v) is 11.4. The minimum Gasteiger partial charge on any atom is -0.497 e. The normalized spacial score (nSPS) is 11.4. The third kappa shape index (κ3) is 4.10. The lowest BCUT2D eigenvalue weighted by Crippen LogP contribution is -2.07. The number of ether oxygens (including phenoxy) is 1. The molecule has 0 aliphatic carbocycles. The molecule has 0 radical (unpaired) electrons.